The Morgan fingerprint density at radius 1 is 1.52 bits per heavy atom. The summed E-state index contributed by atoms with van der Waals surface area (Å²) in [5, 5.41) is 18.7. The van der Waals surface area contributed by atoms with Gasteiger partial charge in [0.05, 0.1) is 12.7 Å². The van der Waals surface area contributed by atoms with Crippen LogP contribution in [-0.2, 0) is 13.0 Å². The number of nitrogens with zero attached hydrogens (tertiary/aromatic N) is 3. The van der Waals surface area contributed by atoms with Crippen LogP contribution in [0.5, 0.6) is 5.75 Å². The van der Waals surface area contributed by atoms with Crippen LogP contribution < -0.4 is 15.8 Å². The molecule has 0 amide bonds. The SMILES string of the molecule is COc1cc(CNCCc2ncon2)ccc1/C(N)=N/O. The first-order chi connectivity index (χ1) is 10.2. The Bertz CT molecular complexity index is 598. The van der Waals surface area contributed by atoms with Gasteiger partial charge in [0.25, 0.3) is 0 Å². The molecule has 0 bridgehead atoms. The molecule has 1 aromatic carbocycles. The molecule has 21 heavy (non-hydrogen) atoms. The third-order valence-electron chi connectivity index (χ3n) is 2.91. The fourth-order valence-corrected chi connectivity index (χ4v) is 1.85. The van der Waals surface area contributed by atoms with Crippen molar-refractivity contribution in [3.8, 4) is 5.75 Å². The van der Waals surface area contributed by atoms with Crippen LogP contribution in [0.4, 0.5) is 0 Å². The van der Waals surface area contributed by atoms with Crippen LogP contribution in [0.15, 0.2) is 34.3 Å². The lowest BCUT2D eigenvalue weighted by Gasteiger charge is -2.10. The van der Waals surface area contributed by atoms with Crippen molar-refractivity contribution in [2.45, 2.75) is 13.0 Å². The van der Waals surface area contributed by atoms with Gasteiger partial charge in [-0.1, -0.05) is 16.4 Å². The molecule has 2 rings (SSSR count). The van der Waals surface area contributed by atoms with Gasteiger partial charge in [-0.05, 0) is 17.7 Å². The predicted octanol–water partition coefficient (Wildman–Crippen LogP) is 0.505. The van der Waals surface area contributed by atoms with E-state index in [4.69, 9.17) is 15.7 Å². The number of hydrogen-bond acceptors (Lipinski definition) is 7. The maximum atomic E-state index is 8.72. The third kappa shape index (κ3) is 3.93. The Balaban J connectivity index is 1.91. The summed E-state index contributed by atoms with van der Waals surface area (Å²) < 4.78 is 9.90. The van der Waals surface area contributed by atoms with Crippen LogP contribution in [0, 0.1) is 0 Å². The molecule has 0 radical (unpaired) electrons. The van der Waals surface area contributed by atoms with Crippen LogP contribution in [-0.4, -0.2) is 34.8 Å². The highest BCUT2D eigenvalue weighted by atomic mass is 16.5. The first-order valence-corrected chi connectivity index (χ1v) is 6.35. The van der Waals surface area contributed by atoms with Crippen LogP contribution in [0.25, 0.3) is 0 Å². The van der Waals surface area contributed by atoms with E-state index in [-0.39, 0.29) is 5.84 Å². The minimum atomic E-state index is 0.0171. The van der Waals surface area contributed by atoms with Gasteiger partial charge < -0.3 is 25.5 Å². The Morgan fingerprint density at radius 3 is 3.05 bits per heavy atom. The number of oxime groups is 1. The van der Waals surface area contributed by atoms with Crippen molar-refractivity contribution in [2.75, 3.05) is 13.7 Å². The predicted molar refractivity (Wildman–Crippen MR) is 75.2 cm³/mol. The van der Waals surface area contributed by atoms with E-state index >= 15 is 0 Å². The first-order valence-electron chi connectivity index (χ1n) is 6.35. The lowest BCUT2D eigenvalue weighted by atomic mass is 10.1. The minimum absolute atomic E-state index is 0.0171. The highest BCUT2D eigenvalue weighted by Gasteiger charge is 2.08. The minimum Gasteiger partial charge on any atom is -0.496 e. The summed E-state index contributed by atoms with van der Waals surface area (Å²) in [7, 11) is 1.54. The highest BCUT2D eigenvalue weighted by molar-refractivity contribution is 5.99. The van der Waals surface area contributed by atoms with Gasteiger partial charge in [-0.15, -0.1) is 0 Å². The number of amidine groups is 1. The number of methoxy groups -OCH3 is 1. The Kier molecular flexibility index (Phi) is 5.10. The summed E-state index contributed by atoms with van der Waals surface area (Å²) in [6.07, 6.45) is 2.00. The van der Waals surface area contributed by atoms with Crippen LogP contribution in [0.1, 0.15) is 17.0 Å². The zero-order valence-electron chi connectivity index (χ0n) is 11.6. The fraction of sp³-hybridized carbons (Fsp3) is 0.308. The molecule has 0 saturated carbocycles. The largest absolute Gasteiger partial charge is 0.496 e. The molecule has 0 atom stereocenters. The van der Waals surface area contributed by atoms with E-state index in [1.807, 2.05) is 12.1 Å². The van der Waals surface area contributed by atoms with Gasteiger partial charge in [-0.25, -0.2) is 0 Å². The maximum absolute atomic E-state index is 8.72. The molecule has 0 aliphatic rings. The molecule has 8 heteroatoms. The van der Waals surface area contributed by atoms with E-state index in [0.29, 0.717) is 30.1 Å². The molecule has 0 spiro atoms. The second-order valence-corrected chi connectivity index (χ2v) is 4.29. The summed E-state index contributed by atoms with van der Waals surface area (Å²) >= 11 is 0. The van der Waals surface area contributed by atoms with E-state index in [1.165, 1.54) is 13.5 Å². The zero-order valence-corrected chi connectivity index (χ0v) is 11.6. The number of ether oxygens (including phenoxy) is 1. The molecular weight excluding hydrogens is 274 g/mol. The Hall–Kier alpha value is -2.61. The van der Waals surface area contributed by atoms with Gasteiger partial charge in [-0.3, -0.25) is 0 Å². The molecule has 0 aliphatic carbocycles. The first kappa shape index (κ1) is 14.8. The molecule has 4 N–H and O–H groups in total. The molecule has 0 unspecified atom stereocenters. The second kappa shape index (κ2) is 7.25. The topological polar surface area (TPSA) is 119 Å². The number of nitrogens with two attached hydrogens (primary N) is 1. The summed E-state index contributed by atoms with van der Waals surface area (Å²) in [6.45, 7) is 1.38. The lowest BCUT2D eigenvalue weighted by Crippen LogP contribution is -2.18. The molecule has 0 fully saturated rings. The average molecular weight is 291 g/mol. The smallest absolute Gasteiger partial charge is 0.213 e. The normalized spacial score (nSPS) is 11.6. The second-order valence-electron chi connectivity index (χ2n) is 4.29. The molecule has 112 valence electrons. The molecule has 1 aromatic heterocycles. The third-order valence-corrected chi connectivity index (χ3v) is 2.91. The number of hydrogen-bond donors (Lipinski definition) is 3. The van der Waals surface area contributed by atoms with Crippen molar-refractivity contribution in [1.82, 2.24) is 15.5 Å². The van der Waals surface area contributed by atoms with Crippen molar-refractivity contribution < 1.29 is 14.5 Å². The molecule has 1 heterocycles. The molecule has 0 saturated heterocycles. The molecular formula is C13H17N5O3. The summed E-state index contributed by atoms with van der Waals surface area (Å²) in [4.78, 5) is 3.94. The van der Waals surface area contributed by atoms with Gasteiger partial charge in [0, 0.05) is 19.5 Å². The van der Waals surface area contributed by atoms with Crippen molar-refractivity contribution in [3.05, 3.63) is 41.5 Å². The number of aromatic nitrogens is 2. The molecule has 0 aliphatic heterocycles. The summed E-state index contributed by atoms with van der Waals surface area (Å²) in [5.41, 5.74) is 7.15. The monoisotopic (exact) mass is 291 g/mol. The van der Waals surface area contributed by atoms with Crippen LogP contribution >= 0.6 is 0 Å². The molecule has 8 nitrogen and oxygen atoms in total. The van der Waals surface area contributed by atoms with Crippen molar-refractivity contribution in [1.29, 1.82) is 0 Å². The highest BCUT2D eigenvalue weighted by Crippen LogP contribution is 2.20. The Morgan fingerprint density at radius 2 is 2.38 bits per heavy atom. The van der Waals surface area contributed by atoms with Crippen molar-refractivity contribution >= 4 is 5.84 Å². The number of nitrogens with one attached hydrogen (secondary N) is 1. The zero-order chi connectivity index (χ0) is 15.1. The van der Waals surface area contributed by atoms with Gasteiger partial charge in [-0.2, -0.15) is 4.98 Å². The molecule has 2 aromatic rings. The quantitative estimate of drug-likeness (QED) is 0.223. The maximum Gasteiger partial charge on any atom is 0.213 e. The van der Waals surface area contributed by atoms with E-state index in [0.717, 1.165) is 12.1 Å². The van der Waals surface area contributed by atoms with Crippen LogP contribution in [0.3, 0.4) is 0 Å². The Labute approximate surface area is 121 Å². The van der Waals surface area contributed by atoms with Crippen LogP contribution in [0.2, 0.25) is 0 Å². The summed E-state index contributed by atoms with van der Waals surface area (Å²) in [6, 6.07) is 5.48. The number of rotatable bonds is 7. The van der Waals surface area contributed by atoms with Gasteiger partial charge in [0.2, 0.25) is 6.39 Å². The van der Waals surface area contributed by atoms with Crippen molar-refractivity contribution in [2.24, 2.45) is 10.9 Å². The van der Waals surface area contributed by atoms with Gasteiger partial charge in [0.15, 0.2) is 11.7 Å². The number of benzene rings is 1. The fourth-order valence-electron chi connectivity index (χ4n) is 1.85. The summed E-state index contributed by atoms with van der Waals surface area (Å²) in [5.74, 6) is 1.24. The standard InChI is InChI=1S/C13H17N5O3/c1-20-11-6-9(2-3-10(11)13(14)17-19)7-15-5-4-12-16-8-21-18-12/h2-3,6,8,15,19H,4-5,7H2,1H3,(H2,14,17). The van der Waals surface area contributed by atoms with E-state index in [2.05, 4.69) is 25.1 Å². The van der Waals surface area contributed by atoms with E-state index < -0.39 is 0 Å². The average Bonchev–Trinajstić information content (AvgIpc) is 3.04. The van der Waals surface area contributed by atoms with E-state index in [9.17, 15) is 0 Å². The lowest BCUT2D eigenvalue weighted by molar-refractivity contribution is 0.318. The van der Waals surface area contributed by atoms with Gasteiger partial charge >= 0.3 is 0 Å². The van der Waals surface area contributed by atoms with Gasteiger partial charge in [0.1, 0.15) is 5.75 Å². The van der Waals surface area contributed by atoms with E-state index in [1.54, 1.807) is 6.07 Å². The van der Waals surface area contributed by atoms with Crippen molar-refractivity contribution in [3.63, 3.8) is 0 Å².